The summed E-state index contributed by atoms with van der Waals surface area (Å²) in [6.07, 6.45) is -43.9. The van der Waals surface area contributed by atoms with Gasteiger partial charge >= 0.3 is 5.97 Å². The van der Waals surface area contributed by atoms with E-state index in [9.17, 15) is 102 Å². The molecule has 11 rings (SSSR count). The van der Waals surface area contributed by atoms with Crippen molar-refractivity contribution in [3.05, 3.63) is 11.6 Å². The number of hydrogen-bond acceptors (Lipinski definition) is 31. The molecule has 6 aliphatic heterocycles. The molecule has 32 heteroatoms. The Bertz CT molecular complexity index is 2700. The maximum Gasteiger partial charge on any atom is 0.312 e. The van der Waals surface area contributed by atoms with Crippen molar-refractivity contribution in [3.8, 4) is 0 Å². The molecule has 10 fully saturated rings. The number of aliphatic carboxylic acids is 1. The first-order chi connectivity index (χ1) is 45.1. The molecule has 6 heterocycles. The molecule has 5 aliphatic carbocycles. The van der Waals surface area contributed by atoms with Crippen LogP contribution in [0, 0.1) is 50.2 Å². The van der Waals surface area contributed by atoms with E-state index in [0.717, 1.165) is 19.3 Å². The van der Waals surface area contributed by atoms with E-state index in [0.29, 0.717) is 32.1 Å². The van der Waals surface area contributed by atoms with Crippen molar-refractivity contribution in [1.29, 1.82) is 0 Å². The zero-order chi connectivity index (χ0) is 70.0. The average molecular weight is 1390 g/mol. The molecule has 32 nitrogen and oxygen atoms in total. The zero-order valence-electron chi connectivity index (χ0n) is 55.0. The minimum absolute atomic E-state index is 0.00544. The van der Waals surface area contributed by atoms with Crippen LogP contribution in [-0.2, 0) is 61.6 Å². The lowest BCUT2D eigenvalue weighted by Gasteiger charge is -2.71. The Kier molecular flexibility index (Phi) is 22.1. The number of allylic oxidation sites excluding steroid dienone is 2. The average Bonchev–Trinajstić information content (AvgIpc) is 0.674. The van der Waals surface area contributed by atoms with Gasteiger partial charge in [0.2, 0.25) is 0 Å². The monoisotopic (exact) mass is 1380 g/mol. The highest BCUT2D eigenvalue weighted by Gasteiger charge is 2.73. The van der Waals surface area contributed by atoms with Crippen molar-refractivity contribution in [2.45, 2.75) is 290 Å². The van der Waals surface area contributed by atoms with Gasteiger partial charge in [-0.15, -0.1) is 0 Å². The summed E-state index contributed by atoms with van der Waals surface area (Å²) in [6, 6.07) is 0. The van der Waals surface area contributed by atoms with Gasteiger partial charge in [-0.25, -0.2) is 0 Å². The lowest BCUT2D eigenvalue weighted by Crippen LogP contribution is -2.71. The molecule has 552 valence electrons. The number of fused-ring (bicyclic) bond motifs is 7. The highest BCUT2D eigenvalue weighted by atomic mass is 16.8. The number of aliphatic hydroxyl groups excluding tert-OH is 18. The summed E-state index contributed by atoms with van der Waals surface area (Å²) >= 11 is 0. The number of carboxylic acid groups (broad SMARTS) is 1. The number of hydrogen-bond donors (Lipinski definition) is 19. The third-order valence-electron chi connectivity index (χ3n) is 25.0. The fourth-order valence-corrected chi connectivity index (χ4v) is 19.0. The minimum atomic E-state index is -2.08. The van der Waals surface area contributed by atoms with Crippen molar-refractivity contribution in [1.82, 2.24) is 0 Å². The number of ether oxygens (including phenoxy) is 12. The van der Waals surface area contributed by atoms with Crippen LogP contribution in [-0.4, -0.2) is 327 Å². The molecule has 6 saturated heterocycles. The molecule has 0 spiro atoms. The van der Waals surface area contributed by atoms with Gasteiger partial charge in [0.25, 0.3) is 0 Å². The van der Waals surface area contributed by atoms with Crippen LogP contribution in [0.3, 0.4) is 0 Å². The Balaban J connectivity index is 0.827. The number of rotatable bonds is 17. The second kappa shape index (κ2) is 28.2. The van der Waals surface area contributed by atoms with Crippen LogP contribution in [0.15, 0.2) is 11.6 Å². The molecule has 0 amide bonds. The normalized spacial score (nSPS) is 55.2. The maximum atomic E-state index is 14.3. The van der Waals surface area contributed by atoms with Crippen LogP contribution in [0.1, 0.15) is 106 Å². The number of carbonyl (C=O) groups is 1. The maximum absolute atomic E-state index is 14.3. The first kappa shape index (κ1) is 75.2. The third kappa shape index (κ3) is 12.8. The van der Waals surface area contributed by atoms with Crippen molar-refractivity contribution in [3.63, 3.8) is 0 Å². The van der Waals surface area contributed by atoms with Gasteiger partial charge in [-0.2, -0.15) is 0 Å². The summed E-state index contributed by atoms with van der Waals surface area (Å²) in [7, 11) is 0. The highest BCUT2D eigenvalue weighted by Crippen LogP contribution is 2.76. The Morgan fingerprint density at radius 1 is 0.490 bits per heavy atom. The molecule has 0 bridgehead atoms. The van der Waals surface area contributed by atoms with Crippen LogP contribution < -0.4 is 0 Å². The summed E-state index contributed by atoms with van der Waals surface area (Å²) in [5, 5.41) is 208. The van der Waals surface area contributed by atoms with Crippen LogP contribution in [0.25, 0.3) is 0 Å². The summed E-state index contributed by atoms with van der Waals surface area (Å²) in [5.41, 5.74) is -3.23. The Labute approximate surface area is 555 Å². The molecular weight excluding hydrogens is 1280 g/mol. The first-order valence-corrected chi connectivity index (χ1v) is 33.8. The van der Waals surface area contributed by atoms with Gasteiger partial charge in [-0.3, -0.25) is 4.79 Å². The molecule has 0 unspecified atom stereocenters. The highest BCUT2D eigenvalue weighted by molar-refractivity contribution is 5.76. The fourth-order valence-electron chi connectivity index (χ4n) is 19.0. The molecule has 4 saturated carbocycles. The second-order valence-electron chi connectivity index (χ2n) is 31.0. The van der Waals surface area contributed by atoms with Crippen LogP contribution in [0.5, 0.6) is 0 Å². The largest absolute Gasteiger partial charge is 0.481 e. The van der Waals surface area contributed by atoms with Gasteiger partial charge in [0.15, 0.2) is 37.7 Å². The summed E-state index contributed by atoms with van der Waals surface area (Å²) in [5.74, 6) is -2.34. The van der Waals surface area contributed by atoms with Crippen LogP contribution in [0.2, 0.25) is 0 Å². The van der Waals surface area contributed by atoms with Crippen LogP contribution >= 0.6 is 0 Å². The molecule has 0 aromatic carbocycles. The summed E-state index contributed by atoms with van der Waals surface area (Å²) in [4.78, 5) is 14.3. The molecule has 0 radical (unpaired) electrons. The summed E-state index contributed by atoms with van der Waals surface area (Å²) in [6.45, 7) is 10.7. The molecule has 38 atom stereocenters. The number of aliphatic hydroxyl groups is 18. The molecule has 19 N–H and O–H groups in total. The zero-order valence-corrected chi connectivity index (χ0v) is 55.0. The molecule has 0 aromatic rings. The van der Waals surface area contributed by atoms with Crippen molar-refractivity contribution in [2.75, 3.05) is 39.6 Å². The Morgan fingerprint density at radius 2 is 0.969 bits per heavy atom. The Morgan fingerprint density at radius 3 is 1.56 bits per heavy atom. The van der Waals surface area contributed by atoms with Crippen LogP contribution in [0.4, 0.5) is 0 Å². The quantitative estimate of drug-likeness (QED) is 0.0477. The molecule has 0 aromatic heterocycles. The van der Waals surface area contributed by atoms with Gasteiger partial charge in [0, 0.05) is 5.41 Å². The predicted octanol–water partition coefficient (Wildman–Crippen LogP) is -5.57. The standard InChI is InChI=1S/C64H104O32/c1-24-47(92-52-44(80)35(71)28(69)21-85-52)43(79)46(82)53(88-24)93-48-36(72)29(70)22-86-55(48)87-23-64-14-12-59(2,3)16-26(64)25-8-9-33-60(4)17-27(68)51(63(7,58(83)84)34(60)10-11-62(33,6)61(25,5)13-15-64)96-57-50(42(78)39(75)32(20-67)91-57)95-56-49(41(77)38(74)31(19-66)90-56)94-54-45(81)40(76)37(73)30(18-65)89-54/h8,24,26-57,65-82H,9-23H2,1-7H3,(H,83,84)/t24-,26-,27-,28+,29-,30+,31+,32+,33+,34+,35-,36-,37+,38+,39+,40-,41-,42-,43-,44+,45+,46+,47-,48+,49+,50+,51-,52-,53-,54-,55-,56-,57-,60+,61+,62+,63-,64+/m0/s1. The van der Waals surface area contributed by atoms with E-state index in [1.165, 1.54) is 19.4 Å². The van der Waals surface area contributed by atoms with E-state index in [1.807, 2.05) is 6.92 Å². The van der Waals surface area contributed by atoms with Crippen molar-refractivity contribution in [2.24, 2.45) is 50.2 Å². The fraction of sp³-hybridized carbons (Fsp3) is 0.953. The van der Waals surface area contributed by atoms with Crippen molar-refractivity contribution < 1.29 is 159 Å². The second-order valence-corrected chi connectivity index (χ2v) is 31.0. The molecule has 96 heavy (non-hydrogen) atoms. The van der Waals surface area contributed by atoms with Gasteiger partial charge in [0.1, 0.15) is 134 Å². The van der Waals surface area contributed by atoms with E-state index in [-0.39, 0.29) is 43.5 Å². The molecular formula is C64H104O32. The lowest BCUT2D eigenvalue weighted by molar-refractivity contribution is -0.400. The first-order valence-electron chi connectivity index (χ1n) is 33.8. The SMILES string of the molecule is C[C@@H]1O[C@@H](O[C@H]2[C@H](OC[C@]34CCC(C)(C)C[C@H]3C3=CC[C@@H]5[C@@]6(C)C[C@H](O)[C@H](O[C@@H]7O[C@H](CO)[C@@H](O)[C@H](O)[C@H]7O[C@@H]7O[C@H](CO)[C@@H](O)[C@H](O)[C@H]7O[C@@H]7O[C@H](CO)[C@@H](O)[C@H](O)[C@H]7O)[C@@](C)(C(=O)O)[C@@H]6CC[C@@]5(C)[C@]3(C)CC4)OC[C@H](O)[C@@H]2O)[C@H](O)[C@H](O)[C@H]1O[C@@H]1OC[C@@H](O)[C@H](O)[C@H]1O. The van der Waals surface area contributed by atoms with Gasteiger partial charge < -0.3 is 154 Å². The Hall–Kier alpha value is -1.99. The number of carboxylic acids is 1. The van der Waals surface area contributed by atoms with E-state index < -0.39 is 243 Å². The summed E-state index contributed by atoms with van der Waals surface area (Å²) < 4.78 is 72.3. The van der Waals surface area contributed by atoms with E-state index in [1.54, 1.807) is 0 Å². The van der Waals surface area contributed by atoms with Gasteiger partial charge in [0.05, 0.1) is 57.3 Å². The topological polar surface area (TPSA) is 512 Å². The predicted molar refractivity (Wildman–Crippen MR) is 318 cm³/mol. The molecule has 11 aliphatic rings. The third-order valence-corrected chi connectivity index (χ3v) is 25.0. The van der Waals surface area contributed by atoms with E-state index >= 15 is 0 Å². The minimum Gasteiger partial charge on any atom is -0.481 e. The lowest BCUT2D eigenvalue weighted by atomic mass is 9.33. The smallest absolute Gasteiger partial charge is 0.312 e. The van der Waals surface area contributed by atoms with Crippen molar-refractivity contribution >= 4 is 5.97 Å². The van der Waals surface area contributed by atoms with Gasteiger partial charge in [-0.1, -0.05) is 46.3 Å². The van der Waals surface area contributed by atoms with E-state index in [4.69, 9.17) is 56.8 Å². The van der Waals surface area contributed by atoms with E-state index in [2.05, 4.69) is 33.8 Å². The van der Waals surface area contributed by atoms with Gasteiger partial charge in [-0.05, 0) is 111 Å².